The van der Waals surface area contributed by atoms with Gasteiger partial charge in [0.2, 0.25) is 0 Å². The summed E-state index contributed by atoms with van der Waals surface area (Å²) in [6.45, 7) is 0.0875. The molecule has 0 aromatic carbocycles. The van der Waals surface area contributed by atoms with Crippen LogP contribution < -0.4 is 5.32 Å². The minimum absolute atomic E-state index is 0.0875. The Balaban J connectivity index is 2.03. The third-order valence-electron chi connectivity index (χ3n) is 2.62. The number of fused-ring (bicyclic) bond motifs is 1. The Morgan fingerprint density at radius 3 is 3.06 bits per heavy atom. The van der Waals surface area contributed by atoms with Crippen molar-refractivity contribution in [1.29, 1.82) is 0 Å². The molecule has 0 bridgehead atoms. The van der Waals surface area contributed by atoms with Crippen LogP contribution >= 0.6 is 11.3 Å². The molecule has 1 amide bonds. The van der Waals surface area contributed by atoms with Crippen LogP contribution in [0, 0.1) is 0 Å². The molecular formula is C11H16N2O2S. The highest BCUT2D eigenvalue weighted by Crippen LogP contribution is 2.28. The van der Waals surface area contributed by atoms with Gasteiger partial charge in [-0.1, -0.05) is 6.42 Å². The molecule has 0 aliphatic heterocycles. The van der Waals surface area contributed by atoms with Crippen LogP contribution in [0.4, 0.5) is 5.13 Å². The van der Waals surface area contributed by atoms with E-state index in [0.717, 1.165) is 12.8 Å². The molecule has 16 heavy (non-hydrogen) atoms. The summed E-state index contributed by atoms with van der Waals surface area (Å²) in [5.41, 5.74) is 1.18. The van der Waals surface area contributed by atoms with Crippen LogP contribution in [0.3, 0.4) is 0 Å². The van der Waals surface area contributed by atoms with E-state index >= 15 is 0 Å². The number of carbonyl (C=O) groups excluding carboxylic acids is 1. The Morgan fingerprint density at radius 1 is 1.44 bits per heavy atom. The van der Waals surface area contributed by atoms with Crippen LogP contribution in [0.5, 0.6) is 0 Å². The third kappa shape index (κ3) is 2.80. The molecule has 1 aromatic rings. The number of amides is 1. The maximum atomic E-state index is 11.3. The van der Waals surface area contributed by atoms with Gasteiger partial charge in [0.25, 0.3) is 5.91 Å². The Morgan fingerprint density at radius 2 is 2.25 bits per heavy atom. The fourth-order valence-electron chi connectivity index (χ4n) is 1.87. The van der Waals surface area contributed by atoms with Crippen molar-refractivity contribution in [1.82, 2.24) is 4.98 Å². The lowest BCUT2D eigenvalue weighted by atomic mass is 10.2. The van der Waals surface area contributed by atoms with Crippen LogP contribution in [0.1, 0.15) is 29.8 Å². The van der Waals surface area contributed by atoms with Gasteiger partial charge in [0.05, 0.1) is 5.69 Å². The van der Waals surface area contributed by atoms with Crippen molar-refractivity contribution in [3.8, 4) is 0 Å². The first-order valence-electron chi connectivity index (χ1n) is 5.57. The largest absolute Gasteiger partial charge is 0.375 e. The van der Waals surface area contributed by atoms with Gasteiger partial charge in [0.1, 0.15) is 6.61 Å². The lowest BCUT2D eigenvalue weighted by molar-refractivity contribution is -0.119. The van der Waals surface area contributed by atoms with Crippen LogP contribution in [0.15, 0.2) is 0 Å². The highest BCUT2D eigenvalue weighted by molar-refractivity contribution is 7.15. The number of ether oxygens (including phenoxy) is 1. The molecule has 1 aliphatic carbocycles. The molecule has 2 rings (SSSR count). The summed E-state index contributed by atoms with van der Waals surface area (Å²) in [6.07, 6.45) is 5.89. The van der Waals surface area contributed by atoms with Gasteiger partial charge in [0, 0.05) is 12.0 Å². The summed E-state index contributed by atoms with van der Waals surface area (Å²) in [5, 5.41) is 3.48. The Labute approximate surface area is 99.0 Å². The van der Waals surface area contributed by atoms with E-state index in [1.807, 2.05) is 0 Å². The third-order valence-corrected chi connectivity index (χ3v) is 3.69. The first-order valence-corrected chi connectivity index (χ1v) is 6.38. The summed E-state index contributed by atoms with van der Waals surface area (Å²) in [7, 11) is 1.51. The van der Waals surface area contributed by atoms with Gasteiger partial charge < -0.3 is 4.74 Å². The molecule has 1 N–H and O–H groups in total. The molecule has 0 spiro atoms. The van der Waals surface area contributed by atoms with E-state index in [-0.39, 0.29) is 12.5 Å². The van der Waals surface area contributed by atoms with Crippen molar-refractivity contribution in [2.75, 3.05) is 19.0 Å². The lowest BCUT2D eigenvalue weighted by Gasteiger charge is -1.99. The fraction of sp³-hybridized carbons (Fsp3) is 0.636. The minimum Gasteiger partial charge on any atom is -0.375 e. The zero-order valence-corrected chi connectivity index (χ0v) is 10.2. The second kappa shape index (κ2) is 5.41. The van der Waals surface area contributed by atoms with Crippen molar-refractivity contribution >= 4 is 22.4 Å². The van der Waals surface area contributed by atoms with E-state index < -0.39 is 0 Å². The predicted octanol–water partition coefficient (Wildman–Crippen LogP) is 2.00. The van der Waals surface area contributed by atoms with E-state index in [1.54, 1.807) is 11.3 Å². The summed E-state index contributed by atoms with van der Waals surface area (Å²) in [6, 6.07) is 0. The van der Waals surface area contributed by atoms with Gasteiger partial charge >= 0.3 is 0 Å². The topological polar surface area (TPSA) is 51.2 Å². The molecule has 0 saturated heterocycles. The van der Waals surface area contributed by atoms with E-state index in [2.05, 4.69) is 10.3 Å². The number of aryl methyl sites for hydroxylation is 2. The zero-order valence-electron chi connectivity index (χ0n) is 9.41. The van der Waals surface area contributed by atoms with Crippen molar-refractivity contribution in [3.63, 3.8) is 0 Å². The number of rotatable bonds is 3. The molecule has 5 heteroatoms. The molecule has 88 valence electrons. The number of hydrogen-bond acceptors (Lipinski definition) is 4. The number of thiazole rings is 1. The van der Waals surface area contributed by atoms with E-state index in [9.17, 15) is 4.79 Å². The quantitative estimate of drug-likeness (QED) is 0.822. The molecule has 0 atom stereocenters. The van der Waals surface area contributed by atoms with Crippen molar-refractivity contribution in [3.05, 3.63) is 10.6 Å². The highest BCUT2D eigenvalue weighted by atomic mass is 32.1. The second-order valence-electron chi connectivity index (χ2n) is 3.93. The smallest absolute Gasteiger partial charge is 0.252 e. The molecular weight excluding hydrogens is 224 g/mol. The monoisotopic (exact) mass is 240 g/mol. The van der Waals surface area contributed by atoms with Gasteiger partial charge in [-0.2, -0.15) is 0 Å². The van der Waals surface area contributed by atoms with Crippen molar-refractivity contribution in [2.24, 2.45) is 0 Å². The Hall–Kier alpha value is -0.940. The van der Waals surface area contributed by atoms with Crippen LogP contribution in [-0.4, -0.2) is 24.6 Å². The molecule has 0 fully saturated rings. The Kier molecular flexibility index (Phi) is 3.90. The van der Waals surface area contributed by atoms with E-state index in [1.165, 1.54) is 36.9 Å². The number of nitrogens with one attached hydrogen (secondary N) is 1. The maximum Gasteiger partial charge on any atom is 0.252 e. The van der Waals surface area contributed by atoms with Crippen LogP contribution in [0.25, 0.3) is 0 Å². The number of anilines is 1. The van der Waals surface area contributed by atoms with Gasteiger partial charge in [-0.3, -0.25) is 10.1 Å². The number of nitrogens with zero attached hydrogens (tertiary/aromatic N) is 1. The molecule has 0 saturated carbocycles. The van der Waals surface area contributed by atoms with Gasteiger partial charge in [0.15, 0.2) is 5.13 Å². The molecule has 0 radical (unpaired) electrons. The number of methoxy groups -OCH3 is 1. The normalized spacial score (nSPS) is 15.3. The van der Waals surface area contributed by atoms with Gasteiger partial charge in [-0.05, 0) is 25.7 Å². The zero-order chi connectivity index (χ0) is 11.4. The molecule has 1 aliphatic rings. The lowest BCUT2D eigenvalue weighted by Crippen LogP contribution is -2.16. The number of aromatic nitrogens is 1. The standard InChI is InChI=1S/C11H16N2O2S/c1-15-7-10(14)13-11-12-8-5-3-2-4-6-9(8)16-11/h2-7H2,1H3,(H,12,13,14). The predicted molar refractivity (Wildman–Crippen MR) is 63.9 cm³/mol. The maximum absolute atomic E-state index is 11.3. The number of carbonyl (C=O) groups is 1. The molecule has 1 heterocycles. The highest BCUT2D eigenvalue weighted by Gasteiger charge is 2.15. The average molecular weight is 240 g/mol. The first kappa shape index (κ1) is 11.5. The van der Waals surface area contributed by atoms with Crippen molar-refractivity contribution < 1.29 is 9.53 Å². The summed E-state index contributed by atoms with van der Waals surface area (Å²) >= 11 is 1.60. The van der Waals surface area contributed by atoms with Crippen molar-refractivity contribution in [2.45, 2.75) is 32.1 Å². The molecule has 4 nitrogen and oxygen atoms in total. The molecule has 0 unspecified atom stereocenters. The summed E-state index contributed by atoms with van der Waals surface area (Å²) < 4.78 is 4.76. The minimum atomic E-state index is -0.133. The van der Waals surface area contributed by atoms with Crippen LogP contribution in [0.2, 0.25) is 0 Å². The van der Waals surface area contributed by atoms with E-state index in [4.69, 9.17) is 4.74 Å². The first-order chi connectivity index (χ1) is 7.79. The summed E-state index contributed by atoms with van der Waals surface area (Å²) in [5.74, 6) is -0.133. The molecule has 1 aromatic heterocycles. The Bertz CT molecular complexity index is 353. The fourth-order valence-corrected chi connectivity index (χ4v) is 2.93. The average Bonchev–Trinajstić information content (AvgIpc) is 2.48. The van der Waals surface area contributed by atoms with E-state index in [0.29, 0.717) is 5.13 Å². The summed E-state index contributed by atoms with van der Waals surface area (Å²) in [4.78, 5) is 17.1. The SMILES string of the molecule is COCC(=O)Nc1nc2c(s1)CCCCC2. The van der Waals surface area contributed by atoms with Gasteiger partial charge in [-0.15, -0.1) is 11.3 Å². The number of hydrogen-bond donors (Lipinski definition) is 1. The second-order valence-corrected chi connectivity index (χ2v) is 5.01. The van der Waals surface area contributed by atoms with Gasteiger partial charge in [-0.25, -0.2) is 4.98 Å². The van der Waals surface area contributed by atoms with Crippen LogP contribution in [-0.2, 0) is 22.4 Å².